The molecule has 0 heterocycles. The molecule has 82 valence electrons. The van der Waals surface area contributed by atoms with E-state index in [1.165, 1.54) is 0 Å². The van der Waals surface area contributed by atoms with Crippen LogP contribution in [0.4, 0.5) is 0 Å². The minimum Gasteiger partial charge on any atom is -0.380 e. The van der Waals surface area contributed by atoms with Gasteiger partial charge in [-0.15, -0.1) is 0 Å². The van der Waals surface area contributed by atoms with Crippen LogP contribution in [0.5, 0.6) is 0 Å². The second-order valence-corrected chi connectivity index (χ2v) is 3.45. The smallest absolute Gasteiger partial charge is 0.253 e. The normalized spacial score (nSPS) is 10.1. The van der Waals surface area contributed by atoms with E-state index in [4.69, 9.17) is 4.74 Å². The molecule has 0 radical (unpaired) electrons. The zero-order chi connectivity index (χ0) is 11.3. The molecule has 0 spiro atoms. The molecular weight excluding hydrogens is 190 g/mol. The summed E-state index contributed by atoms with van der Waals surface area (Å²) in [6.07, 6.45) is 0. The van der Waals surface area contributed by atoms with Crippen molar-refractivity contribution in [2.45, 2.75) is 13.5 Å². The number of hydrogen-bond acceptors (Lipinski definition) is 2. The molecule has 0 N–H and O–H groups in total. The second kappa shape index (κ2) is 5.51. The highest BCUT2D eigenvalue weighted by Gasteiger charge is 2.08. The Kier molecular flexibility index (Phi) is 4.31. The van der Waals surface area contributed by atoms with Crippen molar-refractivity contribution in [2.24, 2.45) is 0 Å². The fourth-order valence-electron chi connectivity index (χ4n) is 1.27. The maximum absolute atomic E-state index is 11.7. The van der Waals surface area contributed by atoms with Crippen LogP contribution in [0.1, 0.15) is 22.8 Å². The summed E-state index contributed by atoms with van der Waals surface area (Å²) >= 11 is 0. The molecule has 0 aliphatic rings. The number of carbonyl (C=O) groups excluding carboxylic acids is 1. The molecule has 3 heteroatoms. The van der Waals surface area contributed by atoms with Crippen molar-refractivity contribution in [1.29, 1.82) is 0 Å². The Morgan fingerprint density at radius 1 is 1.33 bits per heavy atom. The lowest BCUT2D eigenvalue weighted by molar-refractivity contribution is 0.0802. The van der Waals surface area contributed by atoms with Gasteiger partial charge in [-0.3, -0.25) is 4.79 Å². The largest absolute Gasteiger partial charge is 0.380 e. The van der Waals surface area contributed by atoms with Crippen LogP contribution in [0.15, 0.2) is 24.3 Å². The third-order valence-corrected chi connectivity index (χ3v) is 2.33. The van der Waals surface area contributed by atoms with Gasteiger partial charge in [-0.25, -0.2) is 0 Å². The van der Waals surface area contributed by atoms with E-state index in [1.807, 2.05) is 31.2 Å². The predicted molar refractivity (Wildman–Crippen MR) is 59.8 cm³/mol. The molecule has 0 saturated heterocycles. The van der Waals surface area contributed by atoms with Crippen LogP contribution in [-0.4, -0.2) is 31.5 Å². The number of rotatable bonds is 4. The number of benzene rings is 1. The molecule has 1 aromatic rings. The molecule has 0 aliphatic carbocycles. The summed E-state index contributed by atoms with van der Waals surface area (Å²) in [6, 6.07) is 7.51. The Morgan fingerprint density at radius 3 is 2.40 bits per heavy atom. The van der Waals surface area contributed by atoms with Crippen LogP contribution in [-0.2, 0) is 11.3 Å². The van der Waals surface area contributed by atoms with Crippen molar-refractivity contribution in [3.8, 4) is 0 Å². The van der Waals surface area contributed by atoms with Crippen LogP contribution < -0.4 is 0 Å². The van der Waals surface area contributed by atoms with Crippen molar-refractivity contribution in [2.75, 3.05) is 20.7 Å². The van der Waals surface area contributed by atoms with Crippen LogP contribution in [0, 0.1) is 0 Å². The van der Waals surface area contributed by atoms with E-state index in [2.05, 4.69) is 0 Å². The van der Waals surface area contributed by atoms with E-state index in [0.717, 1.165) is 17.7 Å². The minimum atomic E-state index is 0.0569. The third kappa shape index (κ3) is 3.06. The number of ether oxygens (including phenoxy) is 1. The van der Waals surface area contributed by atoms with Crippen LogP contribution in [0.25, 0.3) is 0 Å². The summed E-state index contributed by atoms with van der Waals surface area (Å²) in [5, 5.41) is 0. The Morgan fingerprint density at radius 2 is 1.93 bits per heavy atom. The van der Waals surface area contributed by atoms with Crippen molar-refractivity contribution < 1.29 is 9.53 Å². The van der Waals surface area contributed by atoms with Gasteiger partial charge in [-0.05, 0) is 24.6 Å². The fourth-order valence-corrected chi connectivity index (χ4v) is 1.27. The van der Waals surface area contributed by atoms with Gasteiger partial charge in [0.15, 0.2) is 0 Å². The van der Waals surface area contributed by atoms with Gasteiger partial charge in [0.25, 0.3) is 5.91 Å². The quantitative estimate of drug-likeness (QED) is 0.755. The summed E-state index contributed by atoms with van der Waals surface area (Å²) in [5.74, 6) is 0.0569. The van der Waals surface area contributed by atoms with E-state index >= 15 is 0 Å². The summed E-state index contributed by atoms with van der Waals surface area (Å²) in [4.78, 5) is 13.4. The Bertz CT molecular complexity index is 319. The molecule has 0 saturated carbocycles. The Balaban J connectivity index is 2.75. The average molecular weight is 207 g/mol. The molecule has 0 bridgehead atoms. The van der Waals surface area contributed by atoms with E-state index in [-0.39, 0.29) is 5.91 Å². The maximum Gasteiger partial charge on any atom is 0.253 e. The molecule has 0 aliphatic heterocycles. The first-order chi connectivity index (χ1) is 7.19. The molecule has 0 aromatic heterocycles. The van der Waals surface area contributed by atoms with E-state index in [1.54, 1.807) is 19.1 Å². The van der Waals surface area contributed by atoms with Crippen molar-refractivity contribution in [3.05, 3.63) is 35.4 Å². The molecule has 15 heavy (non-hydrogen) atoms. The van der Waals surface area contributed by atoms with Gasteiger partial charge in [-0.2, -0.15) is 0 Å². The molecule has 1 amide bonds. The van der Waals surface area contributed by atoms with Gasteiger partial charge in [-0.1, -0.05) is 12.1 Å². The number of methoxy groups -OCH3 is 1. The Hall–Kier alpha value is -1.35. The summed E-state index contributed by atoms with van der Waals surface area (Å²) in [5.41, 5.74) is 1.80. The highest BCUT2D eigenvalue weighted by Crippen LogP contribution is 2.07. The predicted octanol–water partition coefficient (Wildman–Crippen LogP) is 1.92. The number of carbonyl (C=O) groups is 1. The third-order valence-electron chi connectivity index (χ3n) is 2.33. The molecule has 1 aromatic carbocycles. The van der Waals surface area contributed by atoms with E-state index in [0.29, 0.717) is 6.61 Å². The standard InChI is InChI=1S/C12H17NO2/c1-4-13(2)12(14)11-7-5-10(6-8-11)9-15-3/h5-8H,4,9H2,1-3H3. The minimum absolute atomic E-state index is 0.0569. The van der Waals surface area contributed by atoms with Crippen LogP contribution in [0.3, 0.4) is 0 Å². The maximum atomic E-state index is 11.7. The topological polar surface area (TPSA) is 29.5 Å². The number of amides is 1. The first kappa shape index (κ1) is 11.7. The monoisotopic (exact) mass is 207 g/mol. The lowest BCUT2D eigenvalue weighted by Crippen LogP contribution is -2.26. The van der Waals surface area contributed by atoms with Gasteiger partial charge in [0, 0.05) is 26.3 Å². The van der Waals surface area contributed by atoms with Gasteiger partial charge in [0.1, 0.15) is 0 Å². The molecule has 0 atom stereocenters. The highest BCUT2D eigenvalue weighted by atomic mass is 16.5. The van der Waals surface area contributed by atoms with Crippen molar-refractivity contribution in [3.63, 3.8) is 0 Å². The average Bonchev–Trinajstić information content (AvgIpc) is 2.28. The van der Waals surface area contributed by atoms with Crippen LogP contribution in [0.2, 0.25) is 0 Å². The summed E-state index contributed by atoms with van der Waals surface area (Å²) in [7, 11) is 3.45. The van der Waals surface area contributed by atoms with Crippen LogP contribution >= 0.6 is 0 Å². The lowest BCUT2D eigenvalue weighted by Gasteiger charge is -2.14. The van der Waals surface area contributed by atoms with Crippen molar-refractivity contribution >= 4 is 5.91 Å². The number of hydrogen-bond donors (Lipinski definition) is 0. The van der Waals surface area contributed by atoms with Crippen molar-refractivity contribution in [1.82, 2.24) is 4.90 Å². The van der Waals surface area contributed by atoms with Gasteiger partial charge in [0.2, 0.25) is 0 Å². The van der Waals surface area contributed by atoms with Gasteiger partial charge < -0.3 is 9.64 Å². The number of nitrogens with zero attached hydrogens (tertiary/aromatic N) is 1. The Labute approximate surface area is 90.7 Å². The molecular formula is C12H17NO2. The van der Waals surface area contributed by atoms with E-state index in [9.17, 15) is 4.79 Å². The van der Waals surface area contributed by atoms with E-state index < -0.39 is 0 Å². The zero-order valence-electron chi connectivity index (χ0n) is 9.49. The highest BCUT2D eigenvalue weighted by molar-refractivity contribution is 5.94. The first-order valence-electron chi connectivity index (χ1n) is 5.02. The molecule has 0 unspecified atom stereocenters. The SMILES string of the molecule is CCN(C)C(=O)c1ccc(COC)cc1. The zero-order valence-corrected chi connectivity index (χ0v) is 9.49. The lowest BCUT2D eigenvalue weighted by atomic mass is 10.1. The fraction of sp³-hybridized carbons (Fsp3) is 0.417. The van der Waals surface area contributed by atoms with Gasteiger partial charge in [0.05, 0.1) is 6.61 Å². The summed E-state index contributed by atoms with van der Waals surface area (Å²) in [6.45, 7) is 3.26. The molecule has 1 rings (SSSR count). The second-order valence-electron chi connectivity index (χ2n) is 3.45. The van der Waals surface area contributed by atoms with Gasteiger partial charge >= 0.3 is 0 Å². The molecule has 0 fully saturated rings. The first-order valence-corrected chi connectivity index (χ1v) is 5.02. The molecule has 3 nitrogen and oxygen atoms in total. The summed E-state index contributed by atoms with van der Waals surface area (Å²) < 4.78 is 5.00.